The van der Waals surface area contributed by atoms with Crippen molar-refractivity contribution in [3.8, 4) is 10.4 Å². The van der Waals surface area contributed by atoms with Gasteiger partial charge in [0.2, 0.25) is 0 Å². The number of thiophene rings is 1. The molecule has 9 heteroatoms. The monoisotopic (exact) mass is 506 g/mol. The Bertz CT molecular complexity index is 1460. The van der Waals surface area contributed by atoms with Gasteiger partial charge < -0.3 is 10.1 Å². The summed E-state index contributed by atoms with van der Waals surface area (Å²) in [5.74, 6) is -0.992. The average Bonchev–Trinajstić information content (AvgIpc) is 3.28. The van der Waals surface area contributed by atoms with Crippen LogP contribution >= 0.6 is 11.3 Å². The number of hydrogen-bond acceptors (Lipinski definition) is 6. The van der Waals surface area contributed by atoms with Gasteiger partial charge in [0.1, 0.15) is 4.88 Å². The molecule has 0 aliphatic rings. The highest BCUT2D eigenvalue weighted by Crippen LogP contribution is 2.35. The second-order valence-corrected chi connectivity index (χ2v) is 10.4. The van der Waals surface area contributed by atoms with E-state index >= 15 is 0 Å². The number of ether oxygens (including phenoxy) is 1. The second-order valence-electron chi connectivity index (χ2n) is 7.66. The maximum atomic E-state index is 12.9. The normalized spacial score (nSPS) is 11.0. The van der Waals surface area contributed by atoms with Gasteiger partial charge in [-0.2, -0.15) is 0 Å². The van der Waals surface area contributed by atoms with E-state index in [0.29, 0.717) is 16.9 Å². The minimum Gasteiger partial charge on any atom is -0.465 e. The Balaban J connectivity index is 1.52. The molecule has 0 aliphatic carbocycles. The van der Waals surface area contributed by atoms with Crippen molar-refractivity contribution in [2.24, 2.45) is 0 Å². The van der Waals surface area contributed by atoms with Crippen molar-refractivity contribution < 1.29 is 22.7 Å². The van der Waals surface area contributed by atoms with E-state index in [1.54, 1.807) is 18.2 Å². The van der Waals surface area contributed by atoms with Crippen LogP contribution in [-0.2, 0) is 14.8 Å². The molecule has 0 bridgehead atoms. The van der Waals surface area contributed by atoms with E-state index in [2.05, 4.69) is 10.0 Å². The number of methoxy groups -OCH3 is 1. The zero-order chi connectivity index (χ0) is 25.0. The fraction of sp³-hybridized carbons (Fsp3) is 0.0769. The summed E-state index contributed by atoms with van der Waals surface area (Å²) < 4.78 is 32.6. The van der Waals surface area contributed by atoms with Gasteiger partial charge in [-0.3, -0.25) is 9.52 Å². The lowest BCUT2D eigenvalue weighted by Gasteiger charge is -2.10. The van der Waals surface area contributed by atoms with Crippen molar-refractivity contribution in [3.05, 3.63) is 101 Å². The highest BCUT2D eigenvalue weighted by atomic mass is 32.2. The van der Waals surface area contributed by atoms with Crippen molar-refractivity contribution in [1.82, 2.24) is 0 Å². The Hall–Kier alpha value is -3.95. The van der Waals surface area contributed by atoms with Crippen molar-refractivity contribution in [2.45, 2.75) is 11.8 Å². The van der Waals surface area contributed by atoms with E-state index in [4.69, 9.17) is 4.74 Å². The van der Waals surface area contributed by atoms with Gasteiger partial charge in [0.05, 0.1) is 17.7 Å². The number of esters is 1. The number of sulfonamides is 1. The number of carbonyl (C=O) groups is 2. The lowest BCUT2D eigenvalue weighted by molar-refractivity contribution is 0.0607. The van der Waals surface area contributed by atoms with Crippen molar-refractivity contribution in [1.29, 1.82) is 0 Å². The smallest absolute Gasteiger partial charge is 0.350 e. The first kappa shape index (κ1) is 24.2. The molecular formula is C26H22N2O5S2. The number of aryl methyl sites for hydroxylation is 1. The van der Waals surface area contributed by atoms with Crippen molar-refractivity contribution >= 4 is 44.6 Å². The first-order valence-electron chi connectivity index (χ1n) is 10.6. The highest BCUT2D eigenvalue weighted by molar-refractivity contribution is 7.92. The summed E-state index contributed by atoms with van der Waals surface area (Å²) in [4.78, 5) is 26.4. The van der Waals surface area contributed by atoms with Crippen LogP contribution < -0.4 is 10.0 Å². The Morgan fingerprint density at radius 2 is 1.54 bits per heavy atom. The maximum Gasteiger partial charge on any atom is 0.350 e. The van der Waals surface area contributed by atoms with Crippen LogP contribution in [0.15, 0.2) is 89.8 Å². The molecule has 0 radical (unpaired) electrons. The maximum absolute atomic E-state index is 12.9. The molecule has 0 unspecified atom stereocenters. The summed E-state index contributed by atoms with van der Waals surface area (Å²) in [6, 6.07) is 23.7. The Kier molecular flexibility index (Phi) is 6.99. The average molecular weight is 507 g/mol. The number of rotatable bonds is 7. The van der Waals surface area contributed by atoms with E-state index in [1.165, 1.54) is 54.8 Å². The zero-order valence-electron chi connectivity index (χ0n) is 18.9. The van der Waals surface area contributed by atoms with Gasteiger partial charge >= 0.3 is 5.97 Å². The summed E-state index contributed by atoms with van der Waals surface area (Å²) in [6.45, 7) is 1.88. The molecule has 0 spiro atoms. The van der Waals surface area contributed by atoms with Gasteiger partial charge in [0, 0.05) is 16.1 Å². The molecule has 0 fully saturated rings. The largest absolute Gasteiger partial charge is 0.465 e. The number of amides is 1. The summed E-state index contributed by atoms with van der Waals surface area (Å²) in [6.07, 6.45) is 0. The van der Waals surface area contributed by atoms with Gasteiger partial charge in [-0.05, 0) is 55.0 Å². The van der Waals surface area contributed by atoms with Crippen LogP contribution in [0.2, 0.25) is 0 Å². The summed E-state index contributed by atoms with van der Waals surface area (Å²) in [5.41, 5.74) is 2.82. The molecule has 0 atom stereocenters. The van der Waals surface area contributed by atoms with E-state index in [1.807, 2.05) is 37.3 Å². The van der Waals surface area contributed by atoms with Crippen molar-refractivity contribution in [3.63, 3.8) is 0 Å². The number of benzene rings is 3. The van der Waals surface area contributed by atoms with Crippen LogP contribution in [0.25, 0.3) is 10.4 Å². The van der Waals surface area contributed by atoms with Crippen LogP contribution in [0, 0.1) is 6.92 Å². The third kappa shape index (κ3) is 5.59. The number of hydrogen-bond donors (Lipinski definition) is 2. The molecule has 178 valence electrons. The third-order valence-electron chi connectivity index (χ3n) is 5.14. The molecule has 4 aromatic rings. The molecule has 3 aromatic carbocycles. The predicted octanol–water partition coefficient (Wildman–Crippen LogP) is 5.56. The minimum absolute atomic E-state index is 0.145. The highest BCUT2D eigenvalue weighted by Gasteiger charge is 2.20. The lowest BCUT2D eigenvalue weighted by Crippen LogP contribution is -2.15. The molecule has 35 heavy (non-hydrogen) atoms. The van der Waals surface area contributed by atoms with Gasteiger partial charge in [0.25, 0.3) is 15.9 Å². The molecular weight excluding hydrogens is 484 g/mol. The first-order valence-corrected chi connectivity index (χ1v) is 12.9. The molecule has 1 heterocycles. The fourth-order valence-electron chi connectivity index (χ4n) is 3.29. The molecule has 1 aromatic heterocycles. The number of anilines is 2. The molecule has 0 saturated carbocycles. The quantitative estimate of drug-likeness (QED) is 0.320. The SMILES string of the molecule is COC(=O)c1sc(-c2ccccc2)cc1NC(=O)c1ccc(NS(=O)(=O)c2ccc(C)cc2)cc1. The number of carbonyl (C=O) groups excluding carboxylic acids is 2. The van der Waals surface area contributed by atoms with E-state index in [0.717, 1.165) is 16.0 Å². The van der Waals surface area contributed by atoms with Gasteiger partial charge in [-0.25, -0.2) is 13.2 Å². The zero-order valence-corrected chi connectivity index (χ0v) is 20.6. The van der Waals surface area contributed by atoms with Crippen LogP contribution in [0.4, 0.5) is 11.4 Å². The Morgan fingerprint density at radius 3 is 2.17 bits per heavy atom. The lowest BCUT2D eigenvalue weighted by atomic mass is 10.1. The van der Waals surface area contributed by atoms with Crippen LogP contribution in [0.5, 0.6) is 0 Å². The molecule has 0 aliphatic heterocycles. The minimum atomic E-state index is -3.75. The van der Waals surface area contributed by atoms with E-state index in [-0.39, 0.29) is 9.77 Å². The van der Waals surface area contributed by atoms with Gasteiger partial charge in [-0.1, -0.05) is 48.0 Å². The third-order valence-corrected chi connectivity index (χ3v) is 7.70. The predicted molar refractivity (Wildman–Crippen MR) is 137 cm³/mol. The van der Waals surface area contributed by atoms with Gasteiger partial charge in [-0.15, -0.1) is 11.3 Å². The molecule has 7 nitrogen and oxygen atoms in total. The van der Waals surface area contributed by atoms with Crippen LogP contribution in [-0.4, -0.2) is 27.4 Å². The Morgan fingerprint density at radius 1 is 0.886 bits per heavy atom. The topological polar surface area (TPSA) is 102 Å². The standard InChI is InChI=1S/C26H22N2O5S2/c1-17-8-14-21(15-9-17)35(31,32)28-20-12-10-19(11-13-20)25(29)27-22-16-23(18-6-4-3-5-7-18)34-24(22)26(30)33-2/h3-16,28H,1-2H3,(H,27,29). The fourth-order valence-corrected chi connectivity index (χ4v) is 5.38. The van der Waals surface area contributed by atoms with Gasteiger partial charge in [0.15, 0.2) is 0 Å². The van der Waals surface area contributed by atoms with Crippen molar-refractivity contribution in [2.75, 3.05) is 17.1 Å². The molecule has 0 saturated heterocycles. The van der Waals surface area contributed by atoms with E-state index < -0.39 is 21.9 Å². The molecule has 2 N–H and O–H groups in total. The van der Waals surface area contributed by atoms with Crippen LogP contribution in [0.1, 0.15) is 25.6 Å². The molecule has 4 rings (SSSR count). The molecule has 1 amide bonds. The summed E-state index contributed by atoms with van der Waals surface area (Å²) in [5, 5.41) is 2.76. The number of nitrogens with one attached hydrogen (secondary N) is 2. The Labute approximate surface area is 207 Å². The van der Waals surface area contributed by atoms with E-state index in [9.17, 15) is 18.0 Å². The van der Waals surface area contributed by atoms with Crippen LogP contribution in [0.3, 0.4) is 0 Å². The second kappa shape index (κ2) is 10.1. The first-order chi connectivity index (χ1) is 16.8. The summed E-state index contributed by atoms with van der Waals surface area (Å²) in [7, 11) is -2.47. The summed E-state index contributed by atoms with van der Waals surface area (Å²) >= 11 is 1.22.